The van der Waals surface area contributed by atoms with Gasteiger partial charge in [0, 0.05) is 29.7 Å². The highest BCUT2D eigenvalue weighted by Gasteiger charge is 2.16. The largest absolute Gasteiger partial charge is 0.496 e. The summed E-state index contributed by atoms with van der Waals surface area (Å²) in [6.45, 7) is 0. The number of ether oxygens (including phenoxy) is 6. The first-order valence-electron chi connectivity index (χ1n) is 9.93. The van der Waals surface area contributed by atoms with Gasteiger partial charge in [-0.05, 0) is 18.2 Å². The molecular formula is C24H28O9S. The van der Waals surface area contributed by atoms with E-state index in [0.717, 1.165) is 11.5 Å². The van der Waals surface area contributed by atoms with Crippen LogP contribution >= 0.6 is 0 Å². The van der Waals surface area contributed by atoms with Crippen LogP contribution in [-0.4, -0.2) is 62.6 Å². The zero-order valence-electron chi connectivity index (χ0n) is 19.9. The molecule has 0 bridgehead atoms. The number of hydrogen-bond acceptors (Lipinski definition) is 9. The third-order valence-corrected chi connectivity index (χ3v) is 5.97. The molecule has 184 valence electrons. The van der Waals surface area contributed by atoms with E-state index < -0.39 is 21.4 Å². The minimum atomic E-state index is -3.90. The summed E-state index contributed by atoms with van der Waals surface area (Å²) in [5.74, 6) is 1.15. The van der Waals surface area contributed by atoms with Crippen molar-refractivity contribution in [3.63, 3.8) is 0 Å². The molecule has 2 aromatic rings. The summed E-state index contributed by atoms with van der Waals surface area (Å²) in [6, 6.07) is 6.44. The Balaban J connectivity index is 2.27. The van der Waals surface area contributed by atoms with Crippen LogP contribution in [0.15, 0.2) is 35.7 Å². The molecule has 0 fully saturated rings. The fourth-order valence-corrected chi connectivity index (χ4v) is 3.97. The van der Waals surface area contributed by atoms with E-state index in [1.54, 1.807) is 24.3 Å². The van der Waals surface area contributed by atoms with E-state index in [9.17, 15) is 13.2 Å². The van der Waals surface area contributed by atoms with E-state index >= 15 is 0 Å². The maximum absolute atomic E-state index is 12.6. The molecule has 0 saturated carbocycles. The van der Waals surface area contributed by atoms with Crippen LogP contribution in [0, 0.1) is 0 Å². The number of carbonyl (C=O) groups is 1. The third kappa shape index (κ3) is 6.67. The van der Waals surface area contributed by atoms with Gasteiger partial charge in [-0.1, -0.05) is 0 Å². The summed E-state index contributed by atoms with van der Waals surface area (Å²) in [6.07, 6.45) is 3.92. The van der Waals surface area contributed by atoms with Crippen LogP contribution in [0.5, 0.6) is 34.5 Å². The number of methoxy groups -OCH3 is 6. The van der Waals surface area contributed by atoms with Gasteiger partial charge < -0.3 is 28.4 Å². The predicted molar refractivity (Wildman–Crippen MR) is 129 cm³/mol. The lowest BCUT2D eigenvalue weighted by atomic mass is 10.1. The predicted octanol–water partition coefficient (Wildman–Crippen LogP) is 3.41. The quantitative estimate of drug-likeness (QED) is 0.412. The van der Waals surface area contributed by atoms with Crippen molar-refractivity contribution in [1.82, 2.24) is 0 Å². The number of rotatable bonds is 12. The van der Waals surface area contributed by atoms with Crippen molar-refractivity contribution in [1.29, 1.82) is 0 Å². The Morgan fingerprint density at radius 3 is 1.41 bits per heavy atom. The second-order valence-corrected chi connectivity index (χ2v) is 8.69. The Hall–Kier alpha value is -3.66. The van der Waals surface area contributed by atoms with E-state index in [1.165, 1.54) is 54.8 Å². The van der Waals surface area contributed by atoms with Crippen LogP contribution in [0.2, 0.25) is 0 Å². The van der Waals surface area contributed by atoms with Gasteiger partial charge in [0.05, 0.1) is 53.8 Å². The fraction of sp³-hybridized carbons (Fsp3) is 0.292. The average molecular weight is 493 g/mol. The van der Waals surface area contributed by atoms with Crippen molar-refractivity contribution in [2.24, 2.45) is 0 Å². The van der Waals surface area contributed by atoms with Gasteiger partial charge in [0.25, 0.3) is 0 Å². The van der Waals surface area contributed by atoms with Gasteiger partial charge in [-0.25, -0.2) is 8.42 Å². The van der Waals surface area contributed by atoms with Crippen LogP contribution in [0.1, 0.15) is 11.1 Å². The van der Waals surface area contributed by atoms with Gasteiger partial charge in [0.2, 0.25) is 0 Å². The Morgan fingerprint density at radius 1 is 0.676 bits per heavy atom. The monoisotopic (exact) mass is 492 g/mol. The molecule has 0 aliphatic rings. The second kappa shape index (κ2) is 12.0. The van der Waals surface area contributed by atoms with Gasteiger partial charge in [-0.15, -0.1) is 0 Å². The van der Waals surface area contributed by atoms with Crippen LogP contribution < -0.4 is 28.4 Å². The summed E-state index contributed by atoms with van der Waals surface area (Å²) in [7, 11) is 4.90. The number of benzene rings is 2. The van der Waals surface area contributed by atoms with Gasteiger partial charge in [0.1, 0.15) is 40.2 Å². The molecule has 0 heterocycles. The number of hydrogen-bond donors (Lipinski definition) is 0. The Labute approximate surface area is 199 Å². The molecule has 2 aromatic carbocycles. The normalized spacial score (nSPS) is 11.5. The van der Waals surface area contributed by atoms with Crippen molar-refractivity contribution in [2.45, 2.75) is 0 Å². The summed E-state index contributed by atoms with van der Waals surface area (Å²) in [5, 5.41) is 0.945. The molecule has 0 atom stereocenters. The standard InChI is InChI=1S/C24H28O9S/c1-28-17-11-21(30-3)19(22(12-17)31-4)8-7-16(25)15-34(26,27)10-9-20-23(32-5)13-18(29-2)14-24(20)33-6/h7-14H,15H2,1-6H3/b8-7+,10-9-. The van der Waals surface area contributed by atoms with Crippen LogP contribution in [0.4, 0.5) is 0 Å². The highest BCUT2D eigenvalue weighted by atomic mass is 32.2. The van der Waals surface area contributed by atoms with E-state index in [2.05, 4.69) is 0 Å². The first kappa shape index (κ1) is 26.6. The fourth-order valence-electron chi connectivity index (χ4n) is 3.04. The lowest BCUT2D eigenvalue weighted by Gasteiger charge is -2.12. The molecule has 0 aliphatic heterocycles. The molecule has 0 N–H and O–H groups in total. The van der Waals surface area contributed by atoms with Crippen LogP contribution in [-0.2, 0) is 14.6 Å². The Bertz CT molecular complexity index is 1130. The lowest BCUT2D eigenvalue weighted by molar-refractivity contribution is -0.112. The zero-order valence-corrected chi connectivity index (χ0v) is 20.7. The molecule has 0 aliphatic carbocycles. The minimum Gasteiger partial charge on any atom is -0.496 e. The molecule has 0 saturated heterocycles. The lowest BCUT2D eigenvalue weighted by Crippen LogP contribution is -2.11. The van der Waals surface area contributed by atoms with Crippen molar-refractivity contribution < 1.29 is 41.6 Å². The minimum absolute atomic E-state index is 0.354. The van der Waals surface area contributed by atoms with Crippen molar-refractivity contribution in [3.05, 3.63) is 46.9 Å². The number of allylic oxidation sites excluding steroid dienone is 1. The Morgan fingerprint density at radius 2 is 1.06 bits per heavy atom. The molecule has 2 rings (SSSR count). The number of sulfone groups is 1. The van der Waals surface area contributed by atoms with Crippen molar-refractivity contribution in [2.75, 3.05) is 48.4 Å². The Kier molecular flexibility index (Phi) is 9.37. The number of ketones is 1. The summed E-state index contributed by atoms with van der Waals surface area (Å²) < 4.78 is 56.8. The van der Waals surface area contributed by atoms with E-state index in [1.807, 2.05) is 0 Å². The second-order valence-electron chi connectivity index (χ2n) is 6.80. The molecule has 34 heavy (non-hydrogen) atoms. The molecule has 10 heteroatoms. The maximum Gasteiger partial charge on any atom is 0.179 e. The molecule has 0 aromatic heterocycles. The molecule has 0 spiro atoms. The average Bonchev–Trinajstić information content (AvgIpc) is 2.84. The smallest absolute Gasteiger partial charge is 0.179 e. The van der Waals surface area contributed by atoms with E-state index in [0.29, 0.717) is 45.6 Å². The maximum atomic E-state index is 12.6. The van der Waals surface area contributed by atoms with Crippen LogP contribution in [0.3, 0.4) is 0 Å². The SMILES string of the molecule is COc1cc(OC)c(/C=C\S(=O)(=O)CC(=O)/C=C/c2c(OC)cc(OC)cc2OC)c(OC)c1. The van der Waals surface area contributed by atoms with Crippen molar-refractivity contribution in [3.8, 4) is 34.5 Å². The first-order chi connectivity index (χ1) is 16.2. The van der Waals surface area contributed by atoms with Gasteiger partial charge >= 0.3 is 0 Å². The zero-order chi connectivity index (χ0) is 25.3. The summed E-state index contributed by atoms with van der Waals surface area (Å²) >= 11 is 0. The highest BCUT2D eigenvalue weighted by Crippen LogP contribution is 2.36. The first-order valence-corrected chi connectivity index (χ1v) is 11.6. The van der Waals surface area contributed by atoms with Crippen molar-refractivity contribution >= 4 is 27.8 Å². The summed E-state index contributed by atoms with van der Waals surface area (Å²) in [4.78, 5) is 12.4. The van der Waals surface area contributed by atoms with Gasteiger partial charge in [-0.3, -0.25) is 4.79 Å². The summed E-state index contributed by atoms with van der Waals surface area (Å²) in [5.41, 5.74) is 0.866. The van der Waals surface area contributed by atoms with Gasteiger partial charge in [-0.2, -0.15) is 0 Å². The third-order valence-electron chi connectivity index (χ3n) is 4.73. The number of carbonyl (C=O) groups excluding carboxylic acids is 1. The van der Waals surface area contributed by atoms with Crippen LogP contribution in [0.25, 0.3) is 12.2 Å². The molecular weight excluding hydrogens is 464 g/mol. The van der Waals surface area contributed by atoms with E-state index in [4.69, 9.17) is 28.4 Å². The molecule has 0 radical (unpaired) electrons. The highest BCUT2D eigenvalue weighted by molar-refractivity contribution is 7.95. The molecule has 0 amide bonds. The van der Waals surface area contributed by atoms with E-state index in [-0.39, 0.29) is 0 Å². The topological polar surface area (TPSA) is 107 Å². The van der Waals surface area contributed by atoms with Gasteiger partial charge in [0.15, 0.2) is 15.6 Å². The molecule has 9 nitrogen and oxygen atoms in total. The molecule has 0 unspecified atom stereocenters.